The van der Waals surface area contributed by atoms with E-state index in [-0.39, 0.29) is 12.8 Å². The minimum Gasteiger partial charge on any atom is -0.392 e. The van der Waals surface area contributed by atoms with Crippen LogP contribution in [0.3, 0.4) is 0 Å². The Morgan fingerprint density at radius 1 is 1.50 bits per heavy atom. The molecule has 0 aliphatic heterocycles. The Labute approximate surface area is 48.5 Å². The van der Waals surface area contributed by atoms with Crippen LogP contribution in [-0.4, -0.2) is 22.8 Å². The van der Waals surface area contributed by atoms with Crippen LogP contribution in [0.25, 0.3) is 0 Å². The van der Waals surface area contributed by atoms with Gasteiger partial charge in [0, 0.05) is 0 Å². The molecule has 0 radical (unpaired) electrons. The van der Waals surface area contributed by atoms with Gasteiger partial charge in [-0.1, -0.05) is 6.08 Å². The van der Waals surface area contributed by atoms with Crippen LogP contribution in [0.15, 0.2) is 12.2 Å². The molecule has 46 valence electrons. The molecule has 0 amide bonds. The van der Waals surface area contributed by atoms with Gasteiger partial charge in [-0.3, -0.25) is 0 Å². The summed E-state index contributed by atoms with van der Waals surface area (Å²) in [6.07, 6.45) is 3.04. The van der Waals surface area contributed by atoms with Gasteiger partial charge >= 0.3 is 8.03 Å². The van der Waals surface area contributed by atoms with Gasteiger partial charge < -0.3 is 5.11 Å². The average molecular weight is 135 g/mol. The van der Waals surface area contributed by atoms with E-state index >= 15 is 0 Å². The second kappa shape index (κ2) is 4.91. The van der Waals surface area contributed by atoms with Gasteiger partial charge in [-0.25, -0.2) is 0 Å². The highest BCUT2D eigenvalue weighted by atomic mass is 31.1. The molecule has 0 rings (SSSR count). The lowest BCUT2D eigenvalue weighted by molar-refractivity contribution is 0.342. The average Bonchev–Trinajstić information content (AvgIpc) is 1.66. The smallest absolute Gasteiger partial charge is 0.392 e. The monoisotopic (exact) mass is 135 g/mol. The standard InChI is InChI=1S/C4H7O3P/c5-3-1-2-4-8(6)7/h1-2,5H,3-4H2/p+1. The summed E-state index contributed by atoms with van der Waals surface area (Å²) in [5, 5.41) is 8.12. The van der Waals surface area contributed by atoms with Crippen molar-refractivity contribution in [3.63, 3.8) is 0 Å². The van der Waals surface area contributed by atoms with Gasteiger partial charge in [0.15, 0.2) is 6.16 Å². The van der Waals surface area contributed by atoms with Crippen LogP contribution in [0.4, 0.5) is 0 Å². The zero-order valence-electron chi connectivity index (χ0n) is 4.32. The molecule has 0 fully saturated rings. The number of aliphatic hydroxyl groups is 1. The van der Waals surface area contributed by atoms with Crippen molar-refractivity contribution in [1.82, 2.24) is 0 Å². The SMILES string of the molecule is O=[P+](O)CC=CCO. The molecule has 0 aromatic heterocycles. The van der Waals surface area contributed by atoms with Crippen LogP contribution in [0.5, 0.6) is 0 Å². The molecule has 3 nitrogen and oxygen atoms in total. The van der Waals surface area contributed by atoms with E-state index in [9.17, 15) is 4.57 Å². The molecule has 0 aromatic rings. The first kappa shape index (κ1) is 7.76. The molecule has 0 heterocycles. The largest absolute Gasteiger partial charge is 0.509 e. The number of hydrogen-bond donors (Lipinski definition) is 2. The Hall–Kier alpha value is -0.240. The molecular weight excluding hydrogens is 127 g/mol. The van der Waals surface area contributed by atoms with Crippen molar-refractivity contribution in [2.45, 2.75) is 0 Å². The van der Waals surface area contributed by atoms with E-state index in [1.807, 2.05) is 0 Å². The number of allylic oxidation sites excluding steroid dienone is 1. The zero-order valence-corrected chi connectivity index (χ0v) is 5.21. The van der Waals surface area contributed by atoms with Crippen LogP contribution in [0.1, 0.15) is 0 Å². The van der Waals surface area contributed by atoms with Gasteiger partial charge in [0.05, 0.1) is 6.61 Å². The van der Waals surface area contributed by atoms with Gasteiger partial charge in [0.2, 0.25) is 0 Å². The summed E-state index contributed by atoms with van der Waals surface area (Å²) >= 11 is 0. The zero-order chi connectivity index (χ0) is 6.41. The summed E-state index contributed by atoms with van der Waals surface area (Å²) in [5.41, 5.74) is 0. The van der Waals surface area contributed by atoms with Gasteiger partial charge in [0.25, 0.3) is 0 Å². The maximum absolute atomic E-state index is 9.89. The van der Waals surface area contributed by atoms with Crippen molar-refractivity contribution in [3.8, 4) is 0 Å². The first-order chi connectivity index (χ1) is 3.77. The Morgan fingerprint density at radius 3 is 2.50 bits per heavy atom. The molecular formula is C4H8O3P+. The number of hydrogen-bond acceptors (Lipinski definition) is 2. The van der Waals surface area contributed by atoms with Crippen molar-refractivity contribution < 1.29 is 14.6 Å². The first-order valence-electron chi connectivity index (χ1n) is 2.16. The highest BCUT2D eigenvalue weighted by molar-refractivity contribution is 7.38. The quantitative estimate of drug-likeness (QED) is 0.431. The highest BCUT2D eigenvalue weighted by Gasteiger charge is 2.02. The fourth-order valence-electron chi connectivity index (χ4n) is 0.239. The van der Waals surface area contributed by atoms with Gasteiger partial charge in [-0.2, -0.15) is 4.89 Å². The summed E-state index contributed by atoms with van der Waals surface area (Å²) < 4.78 is 9.89. The lowest BCUT2D eigenvalue weighted by Crippen LogP contribution is -1.72. The molecule has 0 aliphatic carbocycles. The summed E-state index contributed by atoms with van der Waals surface area (Å²) in [6, 6.07) is 0. The van der Waals surface area contributed by atoms with Crippen molar-refractivity contribution >= 4 is 8.03 Å². The van der Waals surface area contributed by atoms with Crippen molar-refractivity contribution in [2.24, 2.45) is 0 Å². The third kappa shape index (κ3) is 5.76. The third-order valence-corrected chi connectivity index (χ3v) is 1.06. The second-order valence-corrected chi connectivity index (χ2v) is 2.26. The highest BCUT2D eigenvalue weighted by Crippen LogP contribution is 2.10. The molecule has 1 unspecified atom stereocenters. The van der Waals surface area contributed by atoms with Crippen LogP contribution < -0.4 is 0 Å². The topological polar surface area (TPSA) is 57.5 Å². The normalized spacial score (nSPS) is 12.5. The number of aliphatic hydroxyl groups excluding tert-OH is 1. The molecule has 0 saturated carbocycles. The minimum atomic E-state index is -2.06. The van der Waals surface area contributed by atoms with Gasteiger partial charge in [-0.05, 0) is 10.6 Å². The molecule has 4 heteroatoms. The van der Waals surface area contributed by atoms with E-state index in [2.05, 4.69) is 0 Å². The fourth-order valence-corrected chi connectivity index (χ4v) is 0.569. The van der Waals surface area contributed by atoms with E-state index in [0.29, 0.717) is 0 Å². The molecule has 2 N–H and O–H groups in total. The van der Waals surface area contributed by atoms with E-state index in [1.54, 1.807) is 0 Å². The van der Waals surface area contributed by atoms with Gasteiger partial charge in [0.1, 0.15) is 0 Å². The van der Waals surface area contributed by atoms with Crippen LogP contribution in [0, 0.1) is 0 Å². The van der Waals surface area contributed by atoms with E-state index in [4.69, 9.17) is 10.00 Å². The Balaban J connectivity index is 3.16. The molecule has 1 atom stereocenters. The second-order valence-electron chi connectivity index (χ2n) is 1.19. The van der Waals surface area contributed by atoms with Crippen molar-refractivity contribution in [3.05, 3.63) is 12.2 Å². The lowest BCUT2D eigenvalue weighted by Gasteiger charge is -1.70. The maximum atomic E-state index is 9.89. The lowest BCUT2D eigenvalue weighted by atomic mass is 10.6. The maximum Gasteiger partial charge on any atom is 0.509 e. The predicted molar refractivity (Wildman–Crippen MR) is 30.9 cm³/mol. The Kier molecular flexibility index (Phi) is 4.76. The van der Waals surface area contributed by atoms with E-state index in [0.717, 1.165) is 0 Å². The molecule has 8 heavy (non-hydrogen) atoms. The van der Waals surface area contributed by atoms with Crippen molar-refractivity contribution in [2.75, 3.05) is 12.8 Å². The van der Waals surface area contributed by atoms with Gasteiger partial charge in [-0.15, -0.1) is 0 Å². The van der Waals surface area contributed by atoms with Crippen LogP contribution in [0.2, 0.25) is 0 Å². The summed E-state index contributed by atoms with van der Waals surface area (Å²) in [7, 11) is -2.06. The molecule has 0 saturated heterocycles. The summed E-state index contributed by atoms with van der Waals surface area (Å²) in [6.45, 7) is -0.0663. The first-order valence-corrected chi connectivity index (χ1v) is 3.56. The third-order valence-electron chi connectivity index (χ3n) is 0.534. The van der Waals surface area contributed by atoms with Crippen molar-refractivity contribution in [1.29, 1.82) is 0 Å². The Bertz CT molecular complexity index is 99.5. The molecule has 0 aromatic carbocycles. The number of rotatable bonds is 3. The molecule has 0 bridgehead atoms. The van der Waals surface area contributed by atoms with Crippen LogP contribution in [-0.2, 0) is 4.57 Å². The minimum absolute atomic E-state index is 0.0663. The molecule has 0 aliphatic rings. The Morgan fingerprint density at radius 2 is 2.12 bits per heavy atom. The van der Waals surface area contributed by atoms with E-state index in [1.165, 1.54) is 12.2 Å². The molecule has 0 spiro atoms. The summed E-state index contributed by atoms with van der Waals surface area (Å²) in [5.74, 6) is 0. The van der Waals surface area contributed by atoms with Crippen LogP contribution >= 0.6 is 8.03 Å². The van der Waals surface area contributed by atoms with E-state index < -0.39 is 8.03 Å². The fraction of sp³-hybridized carbons (Fsp3) is 0.500. The summed E-state index contributed by atoms with van der Waals surface area (Å²) in [4.78, 5) is 8.16. The predicted octanol–water partition coefficient (Wildman–Crippen LogP) is 0.270.